The lowest BCUT2D eigenvalue weighted by molar-refractivity contribution is -0.384. The molecule has 9 heteroatoms. The summed E-state index contributed by atoms with van der Waals surface area (Å²) in [6.45, 7) is 2.34. The van der Waals surface area contributed by atoms with Crippen LogP contribution in [0.5, 0.6) is 5.75 Å². The van der Waals surface area contributed by atoms with E-state index in [4.69, 9.17) is 9.47 Å². The van der Waals surface area contributed by atoms with Crippen molar-refractivity contribution in [3.8, 4) is 5.75 Å². The number of aliphatic hydroxyl groups is 1. The van der Waals surface area contributed by atoms with Gasteiger partial charge in [0.15, 0.2) is 0 Å². The van der Waals surface area contributed by atoms with E-state index in [1.165, 1.54) is 37.3 Å². The van der Waals surface area contributed by atoms with Crippen molar-refractivity contribution in [1.82, 2.24) is 4.90 Å². The summed E-state index contributed by atoms with van der Waals surface area (Å²) in [7, 11) is 3.05. The largest absolute Gasteiger partial charge is 0.507 e. The number of ether oxygens (including phenoxy) is 2. The summed E-state index contributed by atoms with van der Waals surface area (Å²) in [6.07, 6.45) is 0.455. The maximum absolute atomic E-state index is 13.0. The Morgan fingerprint density at radius 3 is 2.56 bits per heavy atom. The minimum absolute atomic E-state index is 0.113. The van der Waals surface area contributed by atoms with Gasteiger partial charge in [0.1, 0.15) is 11.5 Å². The average molecular weight is 440 g/mol. The van der Waals surface area contributed by atoms with Crippen LogP contribution in [0.15, 0.2) is 48.0 Å². The summed E-state index contributed by atoms with van der Waals surface area (Å²) in [5.41, 5.74) is 1.15. The number of carbonyl (C=O) groups is 2. The fourth-order valence-corrected chi connectivity index (χ4v) is 3.83. The minimum atomic E-state index is -0.964. The maximum Gasteiger partial charge on any atom is 0.295 e. The Kier molecular flexibility index (Phi) is 6.89. The molecule has 1 fully saturated rings. The minimum Gasteiger partial charge on any atom is -0.507 e. The van der Waals surface area contributed by atoms with Crippen molar-refractivity contribution in [3.05, 3.63) is 74.8 Å². The second-order valence-corrected chi connectivity index (χ2v) is 7.38. The lowest BCUT2D eigenvalue weighted by Crippen LogP contribution is -2.31. The first-order valence-electron chi connectivity index (χ1n) is 9.96. The molecule has 1 unspecified atom stereocenters. The predicted octanol–water partition coefficient (Wildman–Crippen LogP) is 3.37. The van der Waals surface area contributed by atoms with Gasteiger partial charge >= 0.3 is 0 Å². The summed E-state index contributed by atoms with van der Waals surface area (Å²) in [5, 5.41) is 22.4. The van der Waals surface area contributed by atoms with Crippen molar-refractivity contribution in [3.63, 3.8) is 0 Å². The third-order valence-corrected chi connectivity index (χ3v) is 5.35. The van der Waals surface area contributed by atoms with Gasteiger partial charge in [0, 0.05) is 38.0 Å². The number of Topliss-reactive ketones (excluding diaryl/α,β-unsaturated/α-hetero) is 1. The lowest BCUT2D eigenvalue weighted by atomic mass is 9.94. The zero-order chi connectivity index (χ0) is 23.4. The molecule has 1 aliphatic heterocycles. The molecule has 2 aromatic rings. The number of benzene rings is 2. The van der Waals surface area contributed by atoms with E-state index in [-0.39, 0.29) is 23.6 Å². The van der Waals surface area contributed by atoms with Crippen LogP contribution in [0.1, 0.15) is 29.2 Å². The number of nitro benzene ring substituents is 1. The molecular weight excluding hydrogens is 416 g/mol. The van der Waals surface area contributed by atoms with Crippen LogP contribution in [0.2, 0.25) is 0 Å². The van der Waals surface area contributed by atoms with Gasteiger partial charge in [-0.3, -0.25) is 19.7 Å². The quantitative estimate of drug-likeness (QED) is 0.167. The number of hydrogen-bond acceptors (Lipinski definition) is 7. The van der Waals surface area contributed by atoms with E-state index in [0.717, 1.165) is 5.56 Å². The number of aryl methyl sites for hydroxylation is 1. The summed E-state index contributed by atoms with van der Waals surface area (Å²) in [6, 6.07) is 9.65. The van der Waals surface area contributed by atoms with E-state index < -0.39 is 22.7 Å². The number of ketones is 1. The number of rotatable bonds is 8. The molecular formula is C23H24N2O7. The fraction of sp³-hybridized carbons (Fsp3) is 0.304. The molecule has 3 rings (SSSR count). The standard InChI is InChI=1S/C23H24N2O7/c1-14-12-16(8-9-18(14)32-3)21(26)19-20(15-6-4-7-17(13-15)25(29)30)24(10-5-11-31-2)23(28)22(19)27/h4,6-9,12-13,20,26H,5,10-11H2,1-3H3/b21-19+. The second-order valence-electron chi connectivity index (χ2n) is 7.38. The number of nitro groups is 1. The van der Waals surface area contributed by atoms with Crippen LogP contribution < -0.4 is 4.74 Å². The van der Waals surface area contributed by atoms with Crippen molar-refractivity contribution >= 4 is 23.1 Å². The zero-order valence-corrected chi connectivity index (χ0v) is 18.0. The molecule has 1 heterocycles. The number of non-ortho nitro benzene ring substituents is 1. The van der Waals surface area contributed by atoms with Crippen LogP contribution in [0.3, 0.4) is 0 Å². The van der Waals surface area contributed by atoms with E-state index in [9.17, 15) is 24.8 Å². The van der Waals surface area contributed by atoms with Crippen molar-refractivity contribution in [2.75, 3.05) is 27.4 Å². The summed E-state index contributed by atoms with van der Waals surface area (Å²) < 4.78 is 10.3. The van der Waals surface area contributed by atoms with Gasteiger partial charge in [0.2, 0.25) is 0 Å². The Labute approximate surface area is 185 Å². The maximum atomic E-state index is 13.0. The average Bonchev–Trinajstić information content (AvgIpc) is 3.03. The summed E-state index contributed by atoms with van der Waals surface area (Å²) in [5.74, 6) is -1.36. The number of methoxy groups -OCH3 is 2. The molecule has 0 aromatic heterocycles. The van der Waals surface area contributed by atoms with E-state index in [1.54, 1.807) is 31.2 Å². The first-order valence-corrected chi connectivity index (χ1v) is 9.96. The molecule has 1 saturated heterocycles. The lowest BCUT2D eigenvalue weighted by Gasteiger charge is -2.25. The number of carbonyl (C=O) groups excluding carboxylic acids is 2. The van der Waals surface area contributed by atoms with Crippen LogP contribution in [0, 0.1) is 17.0 Å². The third kappa shape index (κ3) is 4.33. The van der Waals surface area contributed by atoms with Gasteiger partial charge in [-0.05, 0) is 42.7 Å². The number of hydrogen-bond donors (Lipinski definition) is 1. The molecule has 0 bridgehead atoms. The van der Waals surface area contributed by atoms with Crippen LogP contribution in [0.4, 0.5) is 5.69 Å². The van der Waals surface area contributed by atoms with E-state index in [2.05, 4.69) is 0 Å². The van der Waals surface area contributed by atoms with Crippen molar-refractivity contribution in [2.24, 2.45) is 0 Å². The molecule has 2 aromatic carbocycles. The van der Waals surface area contributed by atoms with Crippen molar-refractivity contribution in [1.29, 1.82) is 0 Å². The molecule has 1 atom stereocenters. The van der Waals surface area contributed by atoms with Crippen molar-refractivity contribution < 1.29 is 29.1 Å². The van der Waals surface area contributed by atoms with Gasteiger partial charge < -0.3 is 19.5 Å². The van der Waals surface area contributed by atoms with Gasteiger partial charge in [-0.1, -0.05) is 12.1 Å². The zero-order valence-electron chi connectivity index (χ0n) is 18.0. The van der Waals surface area contributed by atoms with Gasteiger partial charge in [-0.15, -0.1) is 0 Å². The molecule has 0 saturated carbocycles. The van der Waals surface area contributed by atoms with Gasteiger partial charge in [-0.25, -0.2) is 0 Å². The normalized spacial score (nSPS) is 17.6. The summed E-state index contributed by atoms with van der Waals surface area (Å²) in [4.78, 5) is 37.9. The summed E-state index contributed by atoms with van der Waals surface area (Å²) >= 11 is 0. The number of likely N-dealkylation sites (tertiary alicyclic amines) is 1. The number of amides is 1. The molecule has 1 N–H and O–H groups in total. The molecule has 0 spiro atoms. The molecule has 1 aliphatic rings. The molecule has 0 aliphatic carbocycles. The highest BCUT2D eigenvalue weighted by Crippen LogP contribution is 2.40. The fourth-order valence-electron chi connectivity index (χ4n) is 3.83. The molecule has 168 valence electrons. The third-order valence-electron chi connectivity index (χ3n) is 5.35. The Bertz CT molecular complexity index is 1090. The van der Waals surface area contributed by atoms with Gasteiger partial charge in [0.05, 0.1) is 23.6 Å². The van der Waals surface area contributed by atoms with Gasteiger partial charge in [-0.2, -0.15) is 0 Å². The van der Waals surface area contributed by atoms with Gasteiger partial charge in [0.25, 0.3) is 17.4 Å². The highest BCUT2D eigenvalue weighted by molar-refractivity contribution is 6.46. The molecule has 9 nitrogen and oxygen atoms in total. The highest BCUT2D eigenvalue weighted by atomic mass is 16.6. The van der Waals surface area contributed by atoms with Crippen LogP contribution in [-0.2, 0) is 14.3 Å². The SMILES string of the molecule is COCCCN1C(=O)C(=O)/C(=C(/O)c2ccc(OC)c(C)c2)C1c1cccc([N+](=O)[O-])c1. The Hall–Kier alpha value is -3.72. The monoisotopic (exact) mass is 440 g/mol. The Balaban J connectivity index is 2.17. The predicted molar refractivity (Wildman–Crippen MR) is 116 cm³/mol. The molecule has 1 amide bonds. The second kappa shape index (κ2) is 9.61. The number of aliphatic hydroxyl groups excluding tert-OH is 1. The molecule has 0 radical (unpaired) electrons. The van der Waals surface area contributed by atoms with E-state index >= 15 is 0 Å². The van der Waals surface area contributed by atoms with E-state index in [0.29, 0.717) is 29.9 Å². The first-order chi connectivity index (χ1) is 15.3. The van der Waals surface area contributed by atoms with Crippen molar-refractivity contribution in [2.45, 2.75) is 19.4 Å². The first kappa shape index (κ1) is 23.0. The number of nitrogens with zero attached hydrogens (tertiary/aromatic N) is 2. The van der Waals surface area contributed by atoms with Crippen LogP contribution in [-0.4, -0.2) is 54.0 Å². The topological polar surface area (TPSA) is 119 Å². The Morgan fingerprint density at radius 1 is 1.19 bits per heavy atom. The van der Waals surface area contributed by atoms with Crippen LogP contribution >= 0.6 is 0 Å². The van der Waals surface area contributed by atoms with Crippen LogP contribution in [0.25, 0.3) is 5.76 Å². The smallest absolute Gasteiger partial charge is 0.295 e. The molecule has 32 heavy (non-hydrogen) atoms. The Morgan fingerprint density at radius 2 is 1.94 bits per heavy atom. The van der Waals surface area contributed by atoms with E-state index in [1.807, 2.05) is 0 Å². The highest BCUT2D eigenvalue weighted by Gasteiger charge is 2.46.